The lowest BCUT2D eigenvalue weighted by atomic mass is 10.1. The lowest BCUT2D eigenvalue weighted by Crippen LogP contribution is -2.29. The van der Waals surface area contributed by atoms with Gasteiger partial charge < -0.3 is 14.8 Å². The van der Waals surface area contributed by atoms with Gasteiger partial charge in [0.25, 0.3) is 0 Å². The van der Waals surface area contributed by atoms with Crippen molar-refractivity contribution in [3.05, 3.63) is 23.7 Å². The fraction of sp³-hybridized carbons (Fsp3) is 0.545. The Morgan fingerprint density at radius 2 is 2.13 bits per heavy atom. The highest BCUT2D eigenvalue weighted by Gasteiger charge is 2.10. The highest BCUT2D eigenvalue weighted by molar-refractivity contribution is 5.84. The molecule has 0 saturated heterocycles. The first-order valence-corrected chi connectivity index (χ1v) is 5.06. The predicted molar refractivity (Wildman–Crippen MR) is 56.8 cm³/mol. The Morgan fingerprint density at radius 1 is 1.47 bits per heavy atom. The normalized spacial score (nSPS) is 13.1. The molecule has 0 aliphatic rings. The molecule has 0 bridgehead atoms. The smallest absolute Gasteiger partial charge is 0.371 e. The number of aromatic carboxylic acids is 1. The second-order valence-electron chi connectivity index (χ2n) is 3.98. The van der Waals surface area contributed by atoms with Crippen molar-refractivity contribution in [3.63, 3.8) is 0 Å². The van der Waals surface area contributed by atoms with Crippen LogP contribution in [0.4, 0.5) is 0 Å². The molecule has 0 spiro atoms. The van der Waals surface area contributed by atoms with Crippen LogP contribution in [0.1, 0.15) is 37.1 Å². The summed E-state index contributed by atoms with van der Waals surface area (Å²) in [5.74, 6) is 0.154. The summed E-state index contributed by atoms with van der Waals surface area (Å²) in [5, 5.41) is 11.9. The molecule has 0 aliphatic heterocycles. The number of nitrogens with one attached hydrogen (secondary N) is 1. The molecule has 0 fully saturated rings. The fourth-order valence-corrected chi connectivity index (χ4v) is 1.09. The number of hydrogen-bond acceptors (Lipinski definition) is 3. The molecule has 1 aromatic heterocycles. The molecule has 4 nitrogen and oxygen atoms in total. The summed E-state index contributed by atoms with van der Waals surface area (Å²) in [6.45, 7) is 6.91. The number of carbonyl (C=O) groups is 1. The molecule has 1 rings (SSSR count). The molecule has 84 valence electrons. The minimum absolute atomic E-state index is 0.0102. The van der Waals surface area contributed by atoms with Crippen LogP contribution < -0.4 is 5.32 Å². The monoisotopic (exact) mass is 211 g/mol. The summed E-state index contributed by atoms with van der Waals surface area (Å²) in [7, 11) is 0. The van der Waals surface area contributed by atoms with Crippen LogP contribution in [-0.4, -0.2) is 17.1 Å². The average molecular weight is 211 g/mol. The third-order valence-electron chi connectivity index (χ3n) is 2.47. The van der Waals surface area contributed by atoms with Crippen molar-refractivity contribution < 1.29 is 14.3 Å². The van der Waals surface area contributed by atoms with Gasteiger partial charge in [-0.15, -0.1) is 0 Å². The zero-order valence-corrected chi connectivity index (χ0v) is 9.28. The van der Waals surface area contributed by atoms with Crippen molar-refractivity contribution >= 4 is 5.97 Å². The molecule has 1 heterocycles. The van der Waals surface area contributed by atoms with Crippen LogP contribution in [0.15, 0.2) is 16.5 Å². The van der Waals surface area contributed by atoms with E-state index in [0.717, 1.165) is 0 Å². The summed E-state index contributed by atoms with van der Waals surface area (Å²) in [6.07, 6.45) is 0. The molecule has 0 aromatic carbocycles. The quantitative estimate of drug-likeness (QED) is 0.783. The van der Waals surface area contributed by atoms with E-state index in [1.165, 1.54) is 6.07 Å². The number of carboxylic acid groups (broad SMARTS) is 1. The van der Waals surface area contributed by atoms with E-state index in [0.29, 0.717) is 24.3 Å². The van der Waals surface area contributed by atoms with E-state index in [1.807, 2.05) is 0 Å². The number of hydrogen-bond donors (Lipinski definition) is 2. The van der Waals surface area contributed by atoms with E-state index in [4.69, 9.17) is 9.52 Å². The standard InChI is InChI=1S/C11H17NO3/c1-7(2)8(3)12-6-9-4-5-10(15-9)11(13)14/h4-5,7-8,12H,6H2,1-3H3,(H,13,14). The predicted octanol–water partition coefficient (Wildman–Crippen LogP) is 2.11. The van der Waals surface area contributed by atoms with Crippen molar-refractivity contribution in [1.82, 2.24) is 5.32 Å². The Hall–Kier alpha value is -1.29. The summed E-state index contributed by atoms with van der Waals surface area (Å²) in [5.41, 5.74) is 0. The molecule has 1 unspecified atom stereocenters. The van der Waals surface area contributed by atoms with Crippen molar-refractivity contribution in [2.75, 3.05) is 0 Å². The van der Waals surface area contributed by atoms with Crippen molar-refractivity contribution in [1.29, 1.82) is 0 Å². The zero-order chi connectivity index (χ0) is 11.4. The van der Waals surface area contributed by atoms with Crippen LogP contribution in [0.25, 0.3) is 0 Å². The van der Waals surface area contributed by atoms with E-state index >= 15 is 0 Å². The second-order valence-corrected chi connectivity index (χ2v) is 3.98. The molecule has 0 radical (unpaired) electrons. The Bertz CT molecular complexity index is 330. The van der Waals surface area contributed by atoms with Gasteiger partial charge >= 0.3 is 5.97 Å². The SMILES string of the molecule is CC(C)C(C)NCc1ccc(C(=O)O)o1. The van der Waals surface area contributed by atoms with Gasteiger partial charge in [-0.05, 0) is 25.0 Å². The van der Waals surface area contributed by atoms with E-state index in [9.17, 15) is 4.79 Å². The Labute approximate surface area is 89.3 Å². The van der Waals surface area contributed by atoms with Gasteiger partial charge in [0.15, 0.2) is 0 Å². The van der Waals surface area contributed by atoms with Crippen LogP contribution >= 0.6 is 0 Å². The maximum Gasteiger partial charge on any atom is 0.371 e. The lowest BCUT2D eigenvalue weighted by molar-refractivity contribution is 0.0660. The summed E-state index contributed by atoms with van der Waals surface area (Å²) >= 11 is 0. The van der Waals surface area contributed by atoms with E-state index in [2.05, 4.69) is 26.1 Å². The summed E-state index contributed by atoms with van der Waals surface area (Å²) < 4.78 is 5.11. The molecular weight excluding hydrogens is 194 g/mol. The van der Waals surface area contributed by atoms with Gasteiger partial charge in [-0.3, -0.25) is 0 Å². The molecule has 0 saturated carbocycles. The average Bonchev–Trinajstić information content (AvgIpc) is 2.62. The van der Waals surface area contributed by atoms with E-state index < -0.39 is 5.97 Å². The molecule has 15 heavy (non-hydrogen) atoms. The van der Waals surface area contributed by atoms with Gasteiger partial charge in [-0.2, -0.15) is 0 Å². The Balaban J connectivity index is 2.48. The summed E-state index contributed by atoms with van der Waals surface area (Å²) in [4.78, 5) is 10.5. The number of carboxylic acids is 1. The Morgan fingerprint density at radius 3 is 2.60 bits per heavy atom. The van der Waals surface area contributed by atoms with Crippen LogP contribution in [0, 0.1) is 5.92 Å². The summed E-state index contributed by atoms with van der Waals surface area (Å²) in [6, 6.07) is 3.53. The van der Waals surface area contributed by atoms with Gasteiger partial charge in [0.2, 0.25) is 5.76 Å². The molecule has 0 amide bonds. The first-order chi connectivity index (χ1) is 7.00. The maximum atomic E-state index is 10.5. The minimum atomic E-state index is -1.03. The first kappa shape index (κ1) is 11.8. The zero-order valence-electron chi connectivity index (χ0n) is 9.28. The first-order valence-electron chi connectivity index (χ1n) is 5.06. The van der Waals surface area contributed by atoms with Gasteiger partial charge in [-0.25, -0.2) is 4.79 Å². The van der Waals surface area contributed by atoms with Gasteiger partial charge in [0.1, 0.15) is 5.76 Å². The topological polar surface area (TPSA) is 62.5 Å². The fourth-order valence-electron chi connectivity index (χ4n) is 1.09. The maximum absolute atomic E-state index is 10.5. The third kappa shape index (κ3) is 3.40. The van der Waals surface area contributed by atoms with E-state index in [-0.39, 0.29) is 5.76 Å². The minimum Gasteiger partial charge on any atom is -0.475 e. The van der Waals surface area contributed by atoms with E-state index in [1.54, 1.807) is 6.07 Å². The highest BCUT2D eigenvalue weighted by Crippen LogP contribution is 2.08. The van der Waals surface area contributed by atoms with Gasteiger partial charge in [0.05, 0.1) is 6.54 Å². The highest BCUT2D eigenvalue weighted by atomic mass is 16.4. The van der Waals surface area contributed by atoms with Crippen LogP contribution in [-0.2, 0) is 6.54 Å². The molecule has 0 aliphatic carbocycles. The lowest BCUT2D eigenvalue weighted by Gasteiger charge is -2.16. The van der Waals surface area contributed by atoms with Crippen LogP contribution in [0.2, 0.25) is 0 Å². The molecule has 2 N–H and O–H groups in total. The van der Waals surface area contributed by atoms with Gasteiger partial charge in [0, 0.05) is 6.04 Å². The molecule has 1 aromatic rings. The molecule has 1 atom stereocenters. The third-order valence-corrected chi connectivity index (χ3v) is 2.47. The number of rotatable bonds is 5. The van der Waals surface area contributed by atoms with Crippen molar-refractivity contribution in [2.45, 2.75) is 33.4 Å². The van der Waals surface area contributed by atoms with Gasteiger partial charge in [-0.1, -0.05) is 13.8 Å². The Kier molecular flexibility index (Phi) is 3.91. The van der Waals surface area contributed by atoms with Crippen molar-refractivity contribution in [2.24, 2.45) is 5.92 Å². The van der Waals surface area contributed by atoms with Crippen molar-refractivity contribution in [3.8, 4) is 0 Å². The molecular formula is C11H17NO3. The number of furan rings is 1. The van der Waals surface area contributed by atoms with Crippen LogP contribution in [0.3, 0.4) is 0 Å². The molecule has 4 heteroatoms. The second kappa shape index (κ2) is 4.98. The van der Waals surface area contributed by atoms with Crippen LogP contribution in [0.5, 0.6) is 0 Å². The largest absolute Gasteiger partial charge is 0.475 e.